The van der Waals surface area contributed by atoms with Crippen molar-refractivity contribution in [2.75, 3.05) is 19.7 Å². The van der Waals surface area contributed by atoms with E-state index >= 15 is 0 Å². The minimum absolute atomic E-state index is 0.679. The van der Waals surface area contributed by atoms with E-state index in [0.29, 0.717) is 5.92 Å². The van der Waals surface area contributed by atoms with Gasteiger partial charge in [-0.1, -0.05) is 6.07 Å². The van der Waals surface area contributed by atoms with Gasteiger partial charge in [0.1, 0.15) is 5.75 Å². The number of aromatic nitrogens is 2. The molecule has 1 fully saturated rings. The van der Waals surface area contributed by atoms with Crippen molar-refractivity contribution in [3.05, 3.63) is 24.4 Å². The Morgan fingerprint density at radius 1 is 1.29 bits per heavy atom. The first-order chi connectivity index (χ1) is 8.43. The largest absolute Gasteiger partial charge is 0.493 e. The molecule has 3 rings (SSSR count). The summed E-state index contributed by atoms with van der Waals surface area (Å²) in [7, 11) is 0. The highest BCUT2D eigenvalue weighted by atomic mass is 16.5. The Hall–Kier alpha value is -1.55. The fourth-order valence-electron chi connectivity index (χ4n) is 2.32. The van der Waals surface area contributed by atoms with Crippen LogP contribution in [0, 0.1) is 5.92 Å². The van der Waals surface area contributed by atoms with Crippen molar-refractivity contribution in [2.45, 2.75) is 12.8 Å². The van der Waals surface area contributed by atoms with Crippen molar-refractivity contribution < 1.29 is 4.74 Å². The summed E-state index contributed by atoms with van der Waals surface area (Å²) in [6.45, 7) is 3.04. The molecule has 2 N–H and O–H groups in total. The Morgan fingerprint density at radius 2 is 2.18 bits per heavy atom. The third-order valence-electron chi connectivity index (χ3n) is 3.38. The Labute approximate surface area is 100 Å². The minimum Gasteiger partial charge on any atom is -0.493 e. The third-order valence-corrected chi connectivity index (χ3v) is 3.38. The van der Waals surface area contributed by atoms with Crippen LogP contribution < -0.4 is 10.1 Å². The molecule has 90 valence electrons. The molecule has 1 aromatic heterocycles. The Morgan fingerprint density at radius 3 is 3.06 bits per heavy atom. The van der Waals surface area contributed by atoms with Gasteiger partial charge < -0.3 is 10.1 Å². The van der Waals surface area contributed by atoms with Gasteiger partial charge in [0.2, 0.25) is 0 Å². The van der Waals surface area contributed by atoms with Crippen LogP contribution in [0.2, 0.25) is 0 Å². The average Bonchev–Trinajstić information content (AvgIpc) is 2.86. The van der Waals surface area contributed by atoms with Crippen LogP contribution in [0.15, 0.2) is 24.4 Å². The molecular weight excluding hydrogens is 214 g/mol. The van der Waals surface area contributed by atoms with Crippen LogP contribution in [-0.2, 0) is 0 Å². The van der Waals surface area contributed by atoms with Gasteiger partial charge in [-0.2, -0.15) is 5.10 Å². The monoisotopic (exact) mass is 231 g/mol. The van der Waals surface area contributed by atoms with Gasteiger partial charge in [0, 0.05) is 0 Å². The molecule has 4 nitrogen and oxygen atoms in total. The molecule has 17 heavy (non-hydrogen) atoms. The van der Waals surface area contributed by atoms with Gasteiger partial charge in [0.25, 0.3) is 0 Å². The van der Waals surface area contributed by atoms with Crippen molar-refractivity contribution in [3.63, 3.8) is 0 Å². The maximum Gasteiger partial charge on any atom is 0.130 e. The lowest BCUT2D eigenvalue weighted by Crippen LogP contribution is -2.30. The van der Waals surface area contributed by atoms with Crippen LogP contribution in [0.25, 0.3) is 10.9 Å². The van der Waals surface area contributed by atoms with Gasteiger partial charge in [0.15, 0.2) is 0 Å². The number of hydrogen-bond donors (Lipinski definition) is 2. The van der Waals surface area contributed by atoms with E-state index in [0.717, 1.165) is 36.3 Å². The Bertz CT molecular complexity index is 488. The van der Waals surface area contributed by atoms with Gasteiger partial charge >= 0.3 is 0 Å². The molecule has 0 spiro atoms. The van der Waals surface area contributed by atoms with Crippen molar-refractivity contribution >= 4 is 10.9 Å². The number of H-pyrrole nitrogens is 1. The lowest BCUT2D eigenvalue weighted by atomic mass is 9.99. The zero-order valence-corrected chi connectivity index (χ0v) is 9.78. The number of piperidine rings is 1. The zero-order chi connectivity index (χ0) is 11.5. The summed E-state index contributed by atoms with van der Waals surface area (Å²) in [4.78, 5) is 0. The number of benzene rings is 1. The smallest absolute Gasteiger partial charge is 0.130 e. The molecule has 1 aliphatic heterocycles. The third kappa shape index (κ3) is 2.26. The fraction of sp³-hybridized carbons (Fsp3) is 0.462. The summed E-state index contributed by atoms with van der Waals surface area (Å²) >= 11 is 0. The maximum atomic E-state index is 5.93. The summed E-state index contributed by atoms with van der Waals surface area (Å²) in [6.07, 6.45) is 4.25. The molecule has 0 radical (unpaired) electrons. The first-order valence-electron chi connectivity index (χ1n) is 6.19. The van der Waals surface area contributed by atoms with Gasteiger partial charge in [0.05, 0.1) is 23.7 Å². The highest BCUT2D eigenvalue weighted by molar-refractivity contribution is 5.84. The Balaban J connectivity index is 1.69. The molecule has 0 saturated carbocycles. The van der Waals surface area contributed by atoms with Crippen molar-refractivity contribution in [1.29, 1.82) is 0 Å². The lowest BCUT2D eigenvalue weighted by Gasteiger charge is -2.22. The van der Waals surface area contributed by atoms with Crippen LogP contribution >= 0.6 is 0 Å². The SMILES string of the molecule is c1cc(OCC2CCNCC2)c2cn[nH]c2c1. The standard InChI is InChI=1S/C13H17N3O/c1-2-12-11(8-15-16-12)13(3-1)17-9-10-4-6-14-7-5-10/h1-3,8,10,14H,4-7,9H2,(H,15,16). The van der Waals surface area contributed by atoms with E-state index < -0.39 is 0 Å². The number of nitrogens with zero attached hydrogens (tertiary/aromatic N) is 1. The predicted molar refractivity (Wildman–Crippen MR) is 67.2 cm³/mol. The topological polar surface area (TPSA) is 49.9 Å². The molecule has 4 heteroatoms. The van der Waals surface area contributed by atoms with Gasteiger partial charge in [-0.3, -0.25) is 5.10 Å². The van der Waals surface area contributed by atoms with Gasteiger partial charge in [-0.05, 0) is 44.0 Å². The van der Waals surface area contributed by atoms with Crippen LogP contribution in [0.1, 0.15) is 12.8 Å². The first-order valence-corrected chi connectivity index (χ1v) is 6.19. The van der Waals surface area contributed by atoms with Crippen LogP contribution in [0.5, 0.6) is 5.75 Å². The summed E-state index contributed by atoms with van der Waals surface area (Å²) in [5, 5.41) is 11.4. The summed E-state index contributed by atoms with van der Waals surface area (Å²) in [5.41, 5.74) is 1.04. The molecule has 0 atom stereocenters. The van der Waals surface area contributed by atoms with E-state index in [1.165, 1.54) is 12.8 Å². The molecule has 1 aromatic carbocycles. The molecular formula is C13H17N3O. The van der Waals surface area contributed by atoms with Crippen LogP contribution in [0.4, 0.5) is 0 Å². The van der Waals surface area contributed by atoms with Gasteiger partial charge in [-0.25, -0.2) is 0 Å². The second-order valence-corrected chi connectivity index (χ2v) is 4.59. The first kappa shape index (κ1) is 10.6. The molecule has 1 aliphatic rings. The van der Waals surface area contributed by atoms with E-state index in [1.807, 2.05) is 24.4 Å². The Kier molecular flexibility index (Phi) is 2.96. The molecule has 0 unspecified atom stereocenters. The number of aromatic amines is 1. The second-order valence-electron chi connectivity index (χ2n) is 4.59. The lowest BCUT2D eigenvalue weighted by molar-refractivity contribution is 0.217. The number of rotatable bonds is 3. The fourth-order valence-corrected chi connectivity index (χ4v) is 2.32. The zero-order valence-electron chi connectivity index (χ0n) is 9.78. The molecule has 0 aliphatic carbocycles. The maximum absolute atomic E-state index is 5.93. The number of fused-ring (bicyclic) bond motifs is 1. The van der Waals surface area contributed by atoms with E-state index in [1.54, 1.807) is 0 Å². The molecule has 2 heterocycles. The van der Waals surface area contributed by atoms with Crippen LogP contribution in [-0.4, -0.2) is 29.9 Å². The van der Waals surface area contributed by atoms with E-state index in [9.17, 15) is 0 Å². The minimum atomic E-state index is 0.679. The van der Waals surface area contributed by atoms with E-state index in [2.05, 4.69) is 15.5 Å². The van der Waals surface area contributed by atoms with E-state index in [4.69, 9.17) is 4.74 Å². The molecule has 1 saturated heterocycles. The number of nitrogens with one attached hydrogen (secondary N) is 2. The van der Waals surface area contributed by atoms with Crippen molar-refractivity contribution in [1.82, 2.24) is 15.5 Å². The molecule has 2 aromatic rings. The van der Waals surface area contributed by atoms with E-state index in [-0.39, 0.29) is 0 Å². The average molecular weight is 231 g/mol. The second kappa shape index (κ2) is 4.75. The summed E-state index contributed by atoms with van der Waals surface area (Å²) in [6, 6.07) is 6.02. The van der Waals surface area contributed by atoms with Gasteiger partial charge in [-0.15, -0.1) is 0 Å². The summed E-state index contributed by atoms with van der Waals surface area (Å²) in [5.74, 6) is 1.62. The number of ether oxygens (including phenoxy) is 1. The van der Waals surface area contributed by atoms with Crippen molar-refractivity contribution in [3.8, 4) is 5.75 Å². The van der Waals surface area contributed by atoms with Crippen molar-refractivity contribution in [2.24, 2.45) is 5.92 Å². The number of hydrogen-bond acceptors (Lipinski definition) is 3. The summed E-state index contributed by atoms with van der Waals surface area (Å²) < 4.78 is 5.93. The quantitative estimate of drug-likeness (QED) is 0.848. The predicted octanol–water partition coefficient (Wildman–Crippen LogP) is 1.94. The molecule has 0 amide bonds. The van der Waals surface area contributed by atoms with Crippen LogP contribution in [0.3, 0.4) is 0 Å². The highest BCUT2D eigenvalue weighted by Crippen LogP contribution is 2.24. The highest BCUT2D eigenvalue weighted by Gasteiger charge is 2.14. The normalized spacial score (nSPS) is 17.4. The molecule has 0 bridgehead atoms.